The molecule has 0 heterocycles. The Hall–Kier alpha value is -1.71. The minimum atomic E-state index is -1.34. The summed E-state index contributed by atoms with van der Waals surface area (Å²) < 4.78 is 13.2. The summed E-state index contributed by atoms with van der Waals surface area (Å²) in [7, 11) is 0. The smallest absolute Gasteiger partial charge is 0.197 e. The molecule has 0 spiro atoms. The molecule has 1 N–H and O–H groups in total. The Balaban J connectivity index is 2.35. The highest BCUT2D eigenvalue weighted by atomic mass is 35.5. The van der Waals surface area contributed by atoms with E-state index >= 15 is 0 Å². The molecule has 0 aliphatic heterocycles. The van der Waals surface area contributed by atoms with Gasteiger partial charge in [0, 0.05) is 5.56 Å². The SMILES string of the molecule is O=C(c1cccc(F)c1Cl)C(O)c1ccccc1. The molecule has 0 aliphatic carbocycles. The predicted octanol–water partition coefficient (Wildman–Crippen LogP) is 3.40. The van der Waals surface area contributed by atoms with Gasteiger partial charge in [-0.2, -0.15) is 0 Å². The van der Waals surface area contributed by atoms with Gasteiger partial charge in [0.2, 0.25) is 0 Å². The fraction of sp³-hybridized carbons (Fsp3) is 0.0714. The number of aliphatic hydroxyl groups is 1. The summed E-state index contributed by atoms with van der Waals surface area (Å²) in [5.74, 6) is -1.30. The highest BCUT2D eigenvalue weighted by Gasteiger charge is 2.22. The molecule has 2 nitrogen and oxygen atoms in total. The molecular formula is C14H10ClFO2. The fourth-order valence-corrected chi connectivity index (χ4v) is 1.85. The van der Waals surface area contributed by atoms with Gasteiger partial charge in [-0.1, -0.05) is 48.0 Å². The van der Waals surface area contributed by atoms with Crippen molar-refractivity contribution in [2.24, 2.45) is 0 Å². The van der Waals surface area contributed by atoms with Crippen molar-refractivity contribution in [3.05, 3.63) is 70.5 Å². The van der Waals surface area contributed by atoms with Crippen LogP contribution in [0.15, 0.2) is 48.5 Å². The zero-order valence-electron chi connectivity index (χ0n) is 9.31. The average molecular weight is 265 g/mol. The van der Waals surface area contributed by atoms with Gasteiger partial charge < -0.3 is 5.11 Å². The first-order chi connectivity index (χ1) is 8.61. The van der Waals surface area contributed by atoms with E-state index in [1.54, 1.807) is 30.3 Å². The number of Topliss-reactive ketones (excluding diaryl/α,β-unsaturated/α-hetero) is 1. The van der Waals surface area contributed by atoms with Gasteiger partial charge in [-0.3, -0.25) is 4.79 Å². The molecule has 92 valence electrons. The standard InChI is InChI=1S/C14H10ClFO2/c15-12-10(7-4-8-11(12)16)14(18)13(17)9-5-2-1-3-6-9/h1-8,13,17H. The van der Waals surface area contributed by atoms with Crippen LogP contribution in [0, 0.1) is 5.82 Å². The Morgan fingerprint density at radius 2 is 1.78 bits per heavy atom. The first kappa shape index (κ1) is 12.7. The fourth-order valence-electron chi connectivity index (χ4n) is 1.63. The third-order valence-corrected chi connectivity index (χ3v) is 2.96. The maximum Gasteiger partial charge on any atom is 0.197 e. The Bertz CT molecular complexity index is 569. The van der Waals surface area contributed by atoms with E-state index in [1.807, 2.05) is 0 Å². The van der Waals surface area contributed by atoms with Crippen LogP contribution in [0.25, 0.3) is 0 Å². The van der Waals surface area contributed by atoms with E-state index in [2.05, 4.69) is 0 Å². The van der Waals surface area contributed by atoms with Gasteiger partial charge in [0.15, 0.2) is 5.78 Å². The van der Waals surface area contributed by atoms with Gasteiger partial charge in [0.05, 0.1) is 5.02 Å². The van der Waals surface area contributed by atoms with Crippen LogP contribution in [0.4, 0.5) is 4.39 Å². The van der Waals surface area contributed by atoms with E-state index < -0.39 is 17.7 Å². The Morgan fingerprint density at radius 1 is 1.11 bits per heavy atom. The second kappa shape index (κ2) is 5.29. The van der Waals surface area contributed by atoms with Gasteiger partial charge >= 0.3 is 0 Å². The molecule has 0 radical (unpaired) electrons. The number of halogens is 2. The topological polar surface area (TPSA) is 37.3 Å². The molecular weight excluding hydrogens is 255 g/mol. The summed E-state index contributed by atoms with van der Waals surface area (Å²) in [6, 6.07) is 12.4. The maximum absolute atomic E-state index is 13.2. The molecule has 2 rings (SSSR count). The van der Waals surface area contributed by atoms with Gasteiger partial charge in [-0.05, 0) is 17.7 Å². The lowest BCUT2D eigenvalue weighted by Crippen LogP contribution is -2.13. The monoisotopic (exact) mass is 264 g/mol. The Kier molecular flexibility index (Phi) is 3.75. The van der Waals surface area contributed by atoms with Crippen LogP contribution in [0.2, 0.25) is 5.02 Å². The lowest BCUT2D eigenvalue weighted by Gasteiger charge is -2.11. The predicted molar refractivity (Wildman–Crippen MR) is 67.1 cm³/mol. The van der Waals surface area contributed by atoms with E-state index in [4.69, 9.17) is 11.6 Å². The number of hydrogen-bond acceptors (Lipinski definition) is 2. The van der Waals surface area contributed by atoms with Crippen LogP contribution in [-0.2, 0) is 0 Å². The number of carbonyl (C=O) groups is 1. The molecule has 4 heteroatoms. The van der Waals surface area contributed by atoms with E-state index in [-0.39, 0.29) is 10.6 Å². The number of ketones is 1. The van der Waals surface area contributed by atoms with Gasteiger partial charge in [0.25, 0.3) is 0 Å². The van der Waals surface area contributed by atoms with Crippen LogP contribution >= 0.6 is 11.6 Å². The minimum Gasteiger partial charge on any atom is -0.380 e. The molecule has 0 aromatic heterocycles. The normalized spacial score (nSPS) is 12.2. The van der Waals surface area contributed by atoms with E-state index in [9.17, 15) is 14.3 Å². The van der Waals surface area contributed by atoms with Gasteiger partial charge in [-0.25, -0.2) is 4.39 Å². The maximum atomic E-state index is 13.2. The van der Waals surface area contributed by atoms with Crippen LogP contribution in [-0.4, -0.2) is 10.9 Å². The quantitative estimate of drug-likeness (QED) is 0.863. The van der Waals surface area contributed by atoms with Crippen molar-refractivity contribution in [1.29, 1.82) is 0 Å². The molecule has 0 fully saturated rings. The third-order valence-electron chi connectivity index (χ3n) is 2.58. The van der Waals surface area contributed by atoms with Gasteiger partial charge in [-0.15, -0.1) is 0 Å². The highest BCUT2D eigenvalue weighted by molar-refractivity contribution is 6.34. The molecule has 2 aromatic rings. The number of benzene rings is 2. The van der Waals surface area contributed by atoms with Crippen molar-refractivity contribution in [2.75, 3.05) is 0 Å². The second-order valence-electron chi connectivity index (χ2n) is 3.78. The number of rotatable bonds is 3. The van der Waals surface area contributed by atoms with Crippen molar-refractivity contribution >= 4 is 17.4 Å². The molecule has 1 unspecified atom stereocenters. The van der Waals surface area contributed by atoms with Gasteiger partial charge in [0.1, 0.15) is 11.9 Å². The van der Waals surface area contributed by atoms with Crippen molar-refractivity contribution < 1.29 is 14.3 Å². The molecule has 18 heavy (non-hydrogen) atoms. The summed E-state index contributed by atoms with van der Waals surface area (Å²) in [6.07, 6.45) is -1.34. The van der Waals surface area contributed by atoms with E-state index in [0.29, 0.717) is 5.56 Å². The number of hydrogen-bond donors (Lipinski definition) is 1. The molecule has 0 aliphatic rings. The average Bonchev–Trinajstić information content (AvgIpc) is 2.41. The molecule has 0 saturated heterocycles. The lowest BCUT2D eigenvalue weighted by molar-refractivity contribution is 0.0747. The van der Waals surface area contributed by atoms with Crippen LogP contribution in [0.3, 0.4) is 0 Å². The summed E-state index contributed by atoms with van der Waals surface area (Å²) in [5, 5.41) is 9.66. The highest BCUT2D eigenvalue weighted by Crippen LogP contribution is 2.25. The Labute approximate surface area is 109 Å². The van der Waals surface area contributed by atoms with Crippen LogP contribution in [0.1, 0.15) is 22.0 Å². The van der Waals surface area contributed by atoms with Crippen molar-refractivity contribution in [3.63, 3.8) is 0 Å². The van der Waals surface area contributed by atoms with Crippen LogP contribution < -0.4 is 0 Å². The van der Waals surface area contributed by atoms with Crippen molar-refractivity contribution in [3.8, 4) is 0 Å². The van der Waals surface area contributed by atoms with E-state index in [0.717, 1.165) is 6.07 Å². The second-order valence-corrected chi connectivity index (χ2v) is 4.16. The molecule has 0 amide bonds. The zero-order valence-corrected chi connectivity index (χ0v) is 10.1. The number of carbonyl (C=O) groups excluding carboxylic acids is 1. The lowest BCUT2D eigenvalue weighted by atomic mass is 10.00. The third kappa shape index (κ3) is 2.42. The van der Waals surface area contributed by atoms with Crippen molar-refractivity contribution in [1.82, 2.24) is 0 Å². The summed E-state index contributed by atoms with van der Waals surface area (Å²) in [6.45, 7) is 0. The molecule has 0 bridgehead atoms. The first-order valence-corrected chi connectivity index (χ1v) is 5.70. The van der Waals surface area contributed by atoms with Crippen LogP contribution in [0.5, 0.6) is 0 Å². The Morgan fingerprint density at radius 3 is 2.44 bits per heavy atom. The molecule has 2 aromatic carbocycles. The molecule has 1 atom stereocenters. The first-order valence-electron chi connectivity index (χ1n) is 5.32. The van der Waals surface area contributed by atoms with Crippen molar-refractivity contribution in [2.45, 2.75) is 6.10 Å². The van der Waals surface area contributed by atoms with E-state index in [1.165, 1.54) is 12.1 Å². The summed E-state index contributed by atoms with van der Waals surface area (Å²) in [4.78, 5) is 12.0. The zero-order chi connectivity index (χ0) is 13.1. The number of aliphatic hydroxyl groups excluding tert-OH is 1. The largest absolute Gasteiger partial charge is 0.380 e. The summed E-state index contributed by atoms with van der Waals surface area (Å²) in [5.41, 5.74) is 0.427. The summed E-state index contributed by atoms with van der Waals surface area (Å²) >= 11 is 5.71. The minimum absolute atomic E-state index is 0.0204. The molecule has 0 saturated carbocycles.